The summed E-state index contributed by atoms with van der Waals surface area (Å²) >= 11 is 0. The first-order valence-electron chi connectivity index (χ1n) is 7.21. The number of benzene rings is 1. The molecule has 0 aliphatic rings. The maximum atomic E-state index is 10.1. The van der Waals surface area contributed by atoms with E-state index in [-0.39, 0.29) is 11.4 Å². The molecule has 0 unspecified atom stereocenters. The lowest BCUT2D eigenvalue weighted by Crippen LogP contribution is -1.95. The molecule has 24 heavy (non-hydrogen) atoms. The molecule has 0 saturated carbocycles. The summed E-state index contributed by atoms with van der Waals surface area (Å²) in [5.41, 5.74) is 1.37. The molecule has 0 radical (unpaired) electrons. The molecule has 2 heterocycles. The highest BCUT2D eigenvalue weighted by Gasteiger charge is 2.14. The highest BCUT2D eigenvalue weighted by molar-refractivity contribution is 5.76. The summed E-state index contributed by atoms with van der Waals surface area (Å²) in [6, 6.07) is 8.69. The SMILES string of the molecule is CCOc1cccc(O)c1-c1cc(Nc2cnc(C#N)cn2)n[nH]1. The summed E-state index contributed by atoms with van der Waals surface area (Å²) < 4.78 is 5.54. The molecule has 8 heteroatoms. The second-order valence-electron chi connectivity index (χ2n) is 4.77. The van der Waals surface area contributed by atoms with Gasteiger partial charge in [0.2, 0.25) is 0 Å². The lowest BCUT2D eigenvalue weighted by atomic mass is 10.1. The van der Waals surface area contributed by atoms with Crippen molar-refractivity contribution in [1.82, 2.24) is 20.2 Å². The van der Waals surface area contributed by atoms with Crippen LogP contribution in [0.5, 0.6) is 11.5 Å². The highest BCUT2D eigenvalue weighted by atomic mass is 16.5. The van der Waals surface area contributed by atoms with Gasteiger partial charge in [-0.15, -0.1) is 0 Å². The molecule has 3 N–H and O–H groups in total. The summed E-state index contributed by atoms with van der Waals surface area (Å²) in [7, 11) is 0. The van der Waals surface area contributed by atoms with E-state index in [1.54, 1.807) is 24.3 Å². The Labute approximate surface area is 137 Å². The number of nitrogens with one attached hydrogen (secondary N) is 2. The average Bonchev–Trinajstić information content (AvgIpc) is 3.04. The van der Waals surface area contributed by atoms with Gasteiger partial charge in [0.15, 0.2) is 11.5 Å². The normalized spacial score (nSPS) is 10.2. The van der Waals surface area contributed by atoms with Crippen LogP contribution in [0.3, 0.4) is 0 Å². The van der Waals surface area contributed by atoms with E-state index in [1.807, 2.05) is 13.0 Å². The number of anilines is 2. The number of nitriles is 1. The molecule has 0 spiro atoms. The number of hydrogen-bond acceptors (Lipinski definition) is 7. The van der Waals surface area contributed by atoms with Gasteiger partial charge in [-0.1, -0.05) is 6.07 Å². The molecule has 2 aromatic heterocycles. The second-order valence-corrected chi connectivity index (χ2v) is 4.77. The number of phenols is 1. The number of H-pyrrole nitrogens is 1. The van der Waals surface area contributed by atoms with Crippen LogP contribution in [0, 0.1) is 11.3 Å². The van der Waals surface area contributed by atoms with E-state index in [1.165, 1.54) is 12.4 Å². The maximum absolute atomic E-state index is 10.1. The fourth-order valence-electron chi connectivity index (χ4n) is 2.16. The first-order chi connectivity index (χ1) is 11.7. The van der Waals surface area contributed by atoms with Crippen molar-refractivity contribution in [2.75, 3.05) is 11.9 Å². The second kappa shape index (κ2) is 6.66. The van der Waals surface area contributed by atoms with E-state index in [2.05, 4.69) is 25.5 Å². The van der Waals surface area contributed by atoms with Gasteiger partial charge in [-0.25, -0.2) is 9.97 Å². The largest absolute Gasteiger partial charge is 0.507 e. The molecule has 1 aromatic carbocycles. The van der Waals surface area contributed by atoms with Crippen molar-refractivity contribution in [3.8, 4) is 28.8 Å². The van der Waals surface area contributed by atoms with Crippen molar-refractivity contribution in [3.63, 3.8) is 0 Å². The van der Waals surface area contributed by atoms with Crippen LogP contribution in [0.1, 0.15) is 12.6 Å². The molecular formula is C16H14N6O2. The van der Waals surface area contributed by atoms with Gasteiger partial charge in [-0.05, 0) is 19.1 Å². The number of aromatic hydroxyl groups is 1. The Balaban J connectivity index is 1.87. The molecule has 0 amide bonds. The van der Waals surface area contributed by atoms with Gasteiger partial charge >= 0.3 is 0 Å². The third-order valence-corrected chi connectivity index (χ3v) is 3.17. The van der Waals surface area contributed by atoms with E-state index in [4.69, 9.17) is 10.00 Å². The molecule has 0 saturated heterocycles. The maximum Gasteiger partial charge on any atom is 0.158 e. The Kier molecular flexibility index (Phi) is 4.25. The minimum atomic E-state index is 0.0920. The van der Waals surface area contributed by atoms with Crippen LogP contribution in [-0.2, 0) is 0 Å². The quantitative estimate of drug-likeness (QED) is 0.660. The Morgan fingerprint density at radius 3 is 2.88 bits per heavy atom. The van der Waals surface area contributed by atoms with Crippen LogP contribution < -0.4 is 10.1 Å². The fraction of sp³-hybridized carbons (Fsp3) is 0.125. The summed E-state index contributed by atoms with van der Waals surface area (Å²) in [6.45, 7) is 2.36. The van der Waals surface area contributed by atoms with Gasteiger partial charge in [0.05, 0.1) is 30.3 Å². The van der Waals surface area contributed by atoms with E-state index >= 15 is 0 Å². The van der Waals surface area contributed by atoms with Crippen molar-refractivity contribution in [2.45, 2.75) is 6.92 Å². The van der Waals surface area contributed by atoms with Crippen molar-refractivity contribution < 1.29 is 9.84 Å². The summed E-state index contributed by atoms with van der Waals surface area (Å²) in [5, 5.41) is 28.8. The predicted octanol–water partition coefficient (Wildman–Crippen LogP) is 2.59. The third-order valence-electron chi connectivity index (χ3n) is 3.17. The first kappa shape index (κ1) is 15.3. The molecule has 120 valence electrons. The van der Waals surface area contributed by atoms with Crippen LogP contribution in [0.4, 0.5) is 11.6 Å². The monoisotopic (exact) mass is 322 g/mol. The summed E-state index contributed by atoms with van der Waals surface area (Å²) in [6.07, 6.45) is 2.81. The van der Waals surface area contributed by atoms with E-state index < -0.39 is 0 Å². The number of rotatable bonds is 5. The van der Waals surface area contributed by atoms with Crippen LogP contribution in [0.25, 0.3) is 11.3 Å². The molecule has 0 aliphatic heterocycles. The van der Waals surface area contributed by atoms with Gasteiger partial charge in [-0.3, -0.25) is 5.10 Å². The zero-order chi connectivity index (χ0) is 16.9. The molecule has 0 fully saturated rings. The van der Waals surface area contributed by atoms with E-state index in [9.17, 15) is 5.11 Å². The lowest BCUT2D eigenvalue weighted by Gasteiger charge is -2.09. The first-order valence-corrected chi connectivity index (χ1v) is 7.21. The molecular weight excluding hydrogens is 308 g/mol. The molecule has 3 rings (SSSR count). The Morgan fingerprint density at radius 1 is 1.29 bits per heavy atom. The van der Waals surface area contributed by atoms with Crippen LogP contribution in [-0.4, -0.2) is 31.9 Å². The Morgan fingerprint density at radius 2 is 2.17 bits per heavy atom. The van der Waals surface area contributed by atoms with Crippen molar-refractivity contribution in [3.05, 3.63) is 42.4 Å². The Bertz CT molecular complexity index is 882. The number of phenolic OH excluding ortho intramolecular Hbond substituents is 1. The van der Waals surface area contributed by atoms with Crippen molar-refractivity contribution in [1.29, 1.82) is 5.26 Å². The zero-order valence-electron chi connectivity index (χ0n) is 12.8. The van der Waals surface area contributed by atoms with Gasteiger partial charge in [0.25, 0.3) is 0 Å². The smallest absolute Gasteiger partial charge is 0.158 e. The van der Waals surface area contributed by atoms with Gasteiger partial charge < -0.3 is 15.2 Å². The van der Waals surface area contributed by atoms with Crippen LogP contribution in [0.15, 0.2) is 36.7 Å². The number of ether oxygens (including phenoxy) is 1. The van der Waals surface area contributed by atoms with Crippen LogP contribution in [0.2, 0.25) is 0 Å². The fourth-order valence-corrected chi connectivity index (χ4v) is 2.16. The van der Waals surface area contributed by atoms with E-state index in [0.717, 1.165) is 0 Å². The molecule has 3 aromatic rings. The molecule has 0 bridgehead atoms. The van der Waals surface area contributed by atoms with Gasteiger partial charge in [0.1, 0.15) is 23.4 Å². The van der Waals surface area contributed by atoms with Crippen molar-refractivity contribution >= 4 is 11.6 Å². The summed E-state index contributed by atoms with van der Waals surface area (Å²) in [5.74, 6) is 1.60. The minimum Gasteiger partial charge on any atom is -0.507 e. The van der Waals surface area contributed by atoms with E-state index in [0.29, 0.717) is 35.2 Å². The topological polar surface area (TPSA) is 120 Å². The molecule has 0 aliphatic carbocycles. The average molecular weight is 322 g/mol. The Hall–Kier alpha value is -3.60. The summed E-state index contributed by atoms with van der Waals surface area (Å²) in [4.78, 5) is 7.99. The third kappa shape index (κ3) is 3.10. The van der Waals surface area contributed by atoms with Crippen molar-refractivity contribution in [2.24, 2.45) is 0 Å². The predicted molar refractivity (Wildman–Crippen MR) is 86.9 cm³/mol. The highest BCUT2D eigenvalue weighted by Crippen LogP contribution is 2.37. The molecule has 0 atom stereocenters. The van der Waals surface area contributed by atoms with Crippen LogP contribution >= 0.6 is 0 Å². The van der Waals surface area contributed by atoms with Gasteiger partial charge in [0, 0.05) is 6.07 Å². The standard InChI is InChI=1S/C16H14N6O2/c1-2-24-13-5-3-4-12(23)16(13)11-6-14(22-21-11)20-15-9-18-10(7-17)8-19-15/h3-6,8-9,23H,2H2,1H3,(H2,19,20,21,22). The number of aromatic nitrogens is 4. The van der Waals surface area contributed by atoms with Gasteiger partial charge in [-0.2, -0.15) is 10.4 Å². The zero-order valence-corrected chi connectivity index (χ0v) is 12.8. The molecule has 8 nitrogen and oxygen atoms in total. The number of nitrogens with zero attached hydrogens (tertiary/aromatic N) is 4. The lowest BCUT2D eigenvalue weighted by molar-refractivity contribution is 0.339. The minimum absolute atomic E-state index is 0.0920. The number of hydrogen-bond donors (Lipinski definition) is 3. The number of aromatic amines is 1.